The number of hydrogen-bond acceptors (Lipinski definition) is 1. The smallest absolute Gasteiger partial charge is 0.126 e. The van der Waals surface area contributed by atoms with Gasteiger partial charge in [-0.25, -0.2) is 4.39 Å². The molecule has 1 saturated carbocycles. The monoisotopic (exact) mass is 341 g/mol. The van der Waals surface area contributed by atoms with Gasteiger partial charge in [-0.15, -0.1) is 0 Å². The van der Waals surface area contributed by atoms with Gasteiger partial charge in [0.1, 0.15) is 5.82 Å². The highest BCUT2D eigenvalue weighted by atomic mass is 79.9. The van der Waals surface area contributed by atoms with Crippen LogP contribution in [0.5, 0.6) is 0 Å². The van der Waals surface area contributed by atoms with Crippen LogP contribution >= 0.6 is 15.9 Å². The van der Waals surface area contributed by atoms with Crippen LogP contribution in [0.4, 0.5) is 4.39 Å². The Kier molecular flexibility index (Phi) is 6.03. The zero-order valence-electron chi connectivity index (χ0n) is 12.5. The SMILES string of the molecule is CCCNCC1CCC(C)CC1c1cc(Br)ccc1F. The van der Waals surface area contributed by atoms with Gasteiger partial charge in [0, 0.05) is 4.47 Å². The van der Waals surface area contributed by atoms with Gasteiger partial charge in [-0.05, 0) is 73.9 Å². The first-order chi connectivity index (χ1) is 9.61. The predicted octanol–water partition coefficient (Wildman–Crippen LogP) is 5.11. The second-order valence-electron chi connectivity index (χ2n) is 6.15. The summed E-state index contributed by atoms with van der Waals surface area (Å²) in [4.78, 5) is 0. The average molecular weight is 342 g/mol. The number of nitrogens with one attached hydrogen (secondary N) is 1. The van der Waals surface area contributed by atoms with Gasteiger partial charge in [-0.1, -0.05) is 36.2 Å². The molecule has 1 aromatic carbocycles. The minimum Gasteiger partial charge on any atom is -0.316 e. The number of hydrogen-bond donors (Lipinski definition) is 1. The second kappa shape index (κ2) is 7.56. The highest BCUT2D eigenvalue weighted by molar-refractivity contribution is 9.10. The maximum atomic E-state index is 14.2. The zero-order chi connectivity index (χ0) is 14.5. The number of rotatable bonds is 5. The van der Waals surface area contributed by atoms with Gasteiger partial charge in [0.15, 0.2) is 0 Å². The molecule has 0 spiro atoms. The molecule has 0 saturated heterocycles. The number of benzene rings is 1. The zero-order valence-corrected chi connectivity index (χ0v) is 14.0. The molecule has 0 aromatic heterocycles. The first kappa shape index (κ1) is 16.0. The molecule has 3 heteroatoms. The maximum Gasteiger partial charge on any atom is 0.126 e. The van der Waals surface area contributed by atoms with Gasteiger partial charge < -0.3 is 5.32 Å². The van der Waals surface area contributed by atoms with Crippen LogP contribution in [-0.2, 0) is 0 Å². The van der Waals surface area contributed by atoms with E-state index in [0.717, 1.165) is 36.0 Å². The van der Waals surface area contributed by atoms with E-state index in [2.05, 4.69) is 35.1 Å². The quantitative estimate of drug-likeness (QED) is 0.734. The van der Waals surface area contributed by atoms with Crippen molar-refractivity contribution in [3.05, 3.63) is 34.1 Å². The average Bonchev–Trinajstić information content (AvgIpc) is 2.43. The van der Waals surface area contributed by atoms with Crippen molar-refractivity contribution in [1.82, 2.24) is 5.32 Å². The highest BCUT2D eigenvalue weighted by Crippen LogP contribution is 2.41. The van der Waals surface area contributed by atoms with Gasteiger partial charge >= 0.3 is 0 Å². The van der Waals surface area contributed by atoms with E-state index in [1.165, 1.54) is 12.8 Å². The molecule has 3 atom stereocenters. The summed E-state index contributed by atoms with van der Waals surface area (Å²) in [6.07, 6.45) is 4.73. The Hall–Kier alpha value is -0.410. The molecule has 0 heterocycles. The summed E-state index contributed by atoms with van der Waals surface area (Å²) >= 11 is 3.48. The van der Waals surface area contributed by atoms with E-state index >= 15 is 0 Å². The molecule has 1 N–H and O–H groups in total. The van der Waals surface area contributed by atoms with E-state index in [1.54, 1.807) is 12.1 Å². The molecule has 0 radical (unpaired) electrons. The van der Waals surface area contributed by atoms with Crippen LogP contribution in [-0.4, -0.2) is 13.1 Å². The fourth-order valence-corrected chi connectivity index (χ4v) is 3.71. The minimum atomic E-state index is -0.0483. The summed E-state index contributed by atoms with van der Waals surface area (Å²) in [5.41, 5.74) is 0.897. The van der Waals surface area contributed by atoms with Gasteiger partial charge in [-0.2, -0.15) is 0 Å². The molecule has 1 fully saturated rings. The van der Waals surface area contributed by atoms with Crippen molar-refractivity contribution in [1.29, 1.82) is 0 Å². The molecule has 1 aromatic rings. The molecular weight excluding hydrogens is 317 g/mol. The lowest BCUT2D eigenvalue weighted by Gasteiger charge is -2.35. The third-order valence-corrected chi connectivity index (χ3v) is 4.94. The highest BCUT2D eigenvalue weighted by Gasteiger charge is 2.31. The molecule has 1 aliphatic carbocycles. The van der Waals surface area contributed by atoms with E-state index in [1.807, 2.05) is 6.07 Å². The van der Waals surface area contributed by atoms with E-state index in [-0.39, 0.29) is 5.82 Å². The minimum absolute atomic E-state index is 0.0483. The summed E-state index contributed by atoms with van der Waals surface area (Å²) in [5.74, 6) is 1.55. The molecule has 0 bridgehead atoms. The molecular formula is C17H25BrFN. The van der Waals surface area contributed by atoms with E-state index < -0.39 is 0 Å². The summed E-state index contributed by atoms with van der Waals surface area (Å²) < 4.78 is 15.2. The first-order valence-electron chi connectivity index (χ1n) is 7.77. The maximum absolute atomic E-state index is 14.2. The Balaban J connectivity index is 2.16. The van der Waals surface area contributed by atoms with E-state index in [4.69, 9.17) is 0 Å². The summed E-state index contributed by atoms with van der Waals surface area (Å²) in [6, 6.07) is 5.36. The van der Waals surface area contributed by atoms with Gasteiger partial charge in [0.05, 0.1) is 0 Å². The standard InChI is InChI=1S/C17H25BrFN/c1-3-8-20-11-13-5-4-12(2)9-15(13)16-10-14(18)6-7-17(16)19/h6-7,10,12-13,15,20H,3-5,8-9,11H2,1-2H3. The van der Waals surface area contributed by atoms with Crippen LogP contribution in [0.25, 0.3) is 0 Å². The lowest BCUT2D eigenvalue weighted by atomic mass is 9.71. The third kappa shape index (κ3) is 4.05. The van der Waals surface area contributed by atoms with Crippen LogP contribution < -0.4 is 5.32 Å². The number of halogens is 2. The molecule has 1 nitrogen and oxygen atoms in total. The molecule has 2 rings (SSSR count). The van der Waals surface area contributed by atoms with Gasteiger partial charge in [0.2, 0.25) is 0 Å². The fourth-order valence-electron chi connectivity index (χ4n) is 3.33. The molecule has 0 amide bonds. The fraction of sp³-hybridized carbons (Fsp3) is 0.647. The van der Waals surface area contributed by atoms with Crippen molar-refractivity contribution in [2.45, 2.75) is 45.4 Å². The van der Waals surface area contributed by atoms with Crippen LogP contribution in [0.3, 0.4) is 0 Å². The normalized spacial score (nSPS) is 26.7. The summed E-state index contributed by atoms with van der Waals surface area (Å²) in [6.45, 7) is 6.54. The topological polar surface area (TPSA) is 12.0 Å². The lowest BCUT2D eigenvalue weighted by molar-refractivity contribution is 0.238. The second-order valence-corrected chi connectivity index (χ2v) is 7.07. The summed E-state index contributed by atoms with van der Waals surface area (Å²) in [7, 11) is 0. The third-order valence-electron chi connectivity index (χ3n) is 4.45. The van der Waals surface area contributed by atoms with Gasteiger partial charge in [0.25, 0.3) is 0 Å². The van der Waals surface area contributed by atoms with Crippen LogP contribution in [0.1, 0.15) is 51.0 Å². The van der Waals surface area contributed by atoms with Crippen LogP contribution in [0.2, 0.25) is 0 Å². The molecule has 20 heavy (non-hydrogen) atoms. The van der Waals surface area contributed by atoms with Crippen molar-refractivity contribution in [3.8, 4) is 0 Å². The van der Waals surface area contributed by atoms with Crippen molar-refractivity contribution in [2.24, 2.45) is 11.8 Å². The molecule has 3 unspecified atom stereocenters. The Bertz CT molecular complexity index is 435. The Morgan fingerprint density at radius 2 is 2.15 bits per heavy atom. The Labute approximate surface area is 130 Å². The summed E-state index contributed by atoms with van der Waals surface area (Å²) in [5, 5.41) is 3.52. The van der Waals surface area contributed by atoms with E-state index in [0.29, 0.717) is 17.8 Å². The van der Waals surface area contributed by atoms with Crippen LogP contribution in [0, 0.1) is 17.7 Å². The molecule has 112 valence electrons. The van der Waals surface area contributed by atoms with Crippen molar-refractivity contribution >= 4 is 15.9 Å². The Morgan fingerprint density at radius 3 is 2.90 bits per heavy atom. The van der Waals surface area contributed by atoms with Crippen molar-refractivity contribution < 1.29 is 4.39 Å². The van der Waals surface area contributed by atoms with E-state index in [9.17, 15) is 4.39 Å². The van der Waals surface area contributed by atoms with Crippen molar-refractivity contribution in [3.63, 3.8) is 0 Å². The largest absolute Gasteiger partial charge is 0.316 e. The van der Waals surface area contributed by atoms with Crippen molar-refractivity contribution in [2.75, 3.05) is 13.1 Å². The first-order valence-corrected chi connectivity index (χ1v) is 8.56. The van der Waals surface area contributed by atoms with Gasteiger partial charge in [-0.3, -0.25) is 0 Å². The molecule has 0 aliphatic heterocycles. The predicted molar refractivity (Wildman–Crippen MR) is 86.5 cm³/mol. The Morgan fingerprint density at radius 1 is 1.35 bits per heavy atom. The molecule has 1 aliphatic rings. The van der Waals surface area contributed by atoms with Crippen LogP contribution in [0.15, 0.2) is 22.7 Å². The lowest BCUT2D eigenvalue weighted by Crippen LogP contribution is -2.32.